The van der Waals surface area contributed by atoms with Crippen molar-refractivity contribution in [2.75, 3.05) is 20.3 Å². The second-order valence-electron chi connectivity index (χ2n) is 3.96. The van der Waals surface area contributed by atoms with Gasteiger partial charge in [-0.15, -0.1) is 11.3 Å². The maximum atomic E-state index is 11.6. The first kappa shape index (κ1) is 15.6. The SMILES string of the molecule is CCCc1nc(CC(=O)NCCOC)sc1C(=O)O. The number of carbonyl (C=O) groups is 2. The normalized spacial score (nSPS) is 10.4. The molecule has 0 spiro atoms. The van der Waals surface area contributed by atoms with E-state index in [1.54, 1.807) is 7.11 Å². The molecule has 1 aromatic heterocycles. The lowest BCUT2D eigenvalue weighted by Crippen LogP contribution is -2.28. The van der Waals surface area contributed by atoms with E-state index < -0.39 is 5.97 Å². The summed E-state index contributed by atoms with van der Waals surface area (Å²) < 4.78 is 4.82. The first-order chi connectivity index (χ1) is 9.08. The van der Waals surface area contributed by atoms with E-state index in [9.17, 15) is 9.59 Å². The number of nitrogens with zero attached hydrogens (tertiary/aromatic N) is 1. The number of hydrogen-bond acceptors (Lipinski definition) is 5. The van der Waals surface area contributed by atoms with Crippen LogP contribution in [0.25, 0.3) is 0 Å². The molecule has 106 valence electrons. The lowest BCUT2D eigenvalue weighted by Gasteiger charge is -2.01. The van der Waals surface area contributed by atoms with E-state index in [1.807, 2.05) is 6.92 Å². The number of thiazole rings is 1. The molecule has 0 aliphatic rings. The molecule has 2 N–H and O–H groups in total. The summed E-state index contributed by atoms with van der Waals surface area (Å²) in [6.07, 6.45) is 1.55. The number of rotatable bonds is 8. The lowest BCUT2D eigenvalue weighted by molar-refractivity contribution is -0.120. The fraction of sp³-hybridized carbons (Fsp3) is 0.583. The van der Waals surface area contributed by atoms with E-state index in [1.165, 1.54) is 0 Å². The first-order valence-electron chi connectivity index (χ1n) is 6.06. The van der Waals surface area contributed by atoms with E-state index in [4.69, 9.17) is 9.84 Å². The van der Waals surface area contributed by atoms with Gasteiger partial charge in [0.2, 0.25) is 5.91 Å². The highest BCUT2D eigenvalue weighted by Crippen LogP contribution is 2.20. The third kappa shape index (κ3) is 4.96. The van der Waals surface area contributed by atoms with Gasteiger partial charge >= 0.3 is 5.97 Å². The van der Waals surface area contributed by atoms with E-state index in [0.717, 1.165) is 17.8 Å². The van der Waals surface area contributed by atoms with Crippen LogP contribution in [0.15, 0.2) is 0 Å². The molecule has 0 radical (unpaired) electrons. The highest BCUT2D eigenvalue weighted by molar-refractivity contribution is 7.13. The zero-order valence-electron chi connectivity index (χ0n) is 11.1. The van der Waals surface area contributed by atoms with Crippen LogP contribution >= 0.6 is 11.3 Å². The van der Waals surface area contributed by atoms with Crippen LogP contribution in [0.4, 0.5) is 0 Å². The third-order valence-electron chi connectivity index (χ3n) is 2.36. The van der Waals surface area contributed by atoms with Crippen LogP contribution in [-0.2, 0) is 22.4 Å². The Hall–Kier alpha value is -1.47. The van der Waals surface area contributed by atoms with E-state index >= 15 is 0 Å². The fourth-order valence-electron chi connectivity index (χ4n) is 1.54. The quantitative estimate of drug-likeness (QED) is 0.699. The molecule has 19 heavy (non-hydrogen) atoms. The molecular weight excluding hydrogens is 268 g/mol. The molecule has 0 saturated carbocycles. The van der Waals surface area contributed by atoms with Gasteiger partial charge in [0.15, 0.2) is 0 Å². The fourth-order valence-corrected chi connectivity index (χ4v) is 2.49. The molecule has 0 unspecified atom stereocenters. The predicted octanol–water partition coefficient (Wildman–Crippen LogP) is 1.10. The molecule has 7 heteroatoms. The Morgan fingerprint density at radius 3 is 2.79 bits per heavy atom. The standard InChI is InChI=1S/C12H18N2O4S/c1-3-4-8-11(12(16)17)19-10(14-8)7-9(15)13-5-6-18-2/h3-7H2,1-2H3,(H,13,15)(H,16,17). The van der Waals surface area contributed by atoms with Crippen molar-refractivity contribution in [2.45, 2.75) is 26.2 Å². The number of hydrogen-bond donors (Lipinski definition) is 2. The number of nitrogens with one attached hydrogen (secondary N) is 1. The molecule has 1 aromatic rings. The van der Waals surface area contributed by atoms with Gasteiger partial charge in [-0.25, -0.2) is 9.78 Å². The number of amides is 1. The summed E-state index contributed by atoms with van der Waals surface area (Å²) in [4.78, 5) is 27.1. The monoisotopic (exact) mass is 286 g/mol. The Morgan fingerprint density at radius 1 is 1.47 bits per heavy atom. The minimum atomic E-state index is -0.980. The average molecular weight is 286 g/mol. The summed E-state index contributed by atoms with van der Waals surface area (Å²) in [6.45, 7) is 2.85. The van der Waals surface area contributed by atoms with E-state index in [0.29, 0.717) is 30.3 Å². The number of aryl methyl sites for hydroxylation is 1. The summed E-state index contributed by atoms with van der Waals surface area (Å²) in [7, 11) is 1.56. The van der Waals surface area contributed by atoms with Gasteiger partial charge in [0, 0.05) is 13.7 Å². The van der Waals surface area contributed by atoms with Gasteiger partial charge in [0.25, 0.3) is 0 Å². The third-order valence-corrected chi connectivity index (χ3v) is 3.45. The van der Waals surface area contributed by atoms with Crippen molar-refractivity contribution >= 4 is 23.2 Å². The minimum Gasteiger partial charge on any atom is -0.477 e. The van der Waals surface area contributed by atoms with Crippen LogP contribution in [0, 0.1) is 0 Å². The van der Waals surface area contributed by atoms with Crippen LogP contribution in [0.3, 0.4) is 0 Å². The Balaban J connectivity index is 2.65. The Bertz CT molecular complexity index is 445. The summed E-state index contributed by atoms with van der Waals surface area (Å²) >= 11 is 1.07. The van der Waals surface area contributed by atoms with Crippen LogP contribution in [-0.4, -0.2) is 42.2 Å². The van der Waals surface area contributed by atoms with Crippen LogP contribution in [0.1, 0.15) is 33.7 Å². The van der Waals surface area contributed by atoms with Gasteiger partial charge in [-0.2, -0.15) is 0 Å². The number of methoxy groups -OCH3 is 1. The van der Waals surface area contributed by atoms with Crippen molar-refractivity contribution in [1.82, 2.24) is 10.3 Å². The molecule has 0 aromatic carbocycles. The number of carboxylic acids is 1. The molecule has 1 heterocycles. The molecule has 1 rings (SSSR count). The van der Waals surface area contributed by atoms with Gasteiger partial charge in [-0.05, 0) is 6.42 Å². The summed E-state index contributed by atoms with van der Waals surface area (Å²) in [5.74, 6) is -1.15. The van der Waals surface area contributed by atoms with Crippen molar-refractivity contribution in [2.24, 2.45) is 0 Å². The highest BCUT2D eigenvalue weighted by atomic mass is 32.1. The van der Waals surface area contributed by atoms with Crippen LogP contribution < -0.4 is 5.32 Å². The Kier molecular flexibility index (Phi) is 6.44. The van der Waals surface area contributed by atoms with Gasteiger partial charge < -0.3 is 15.2 Å². The zero-order chi connectivity index (χ0) is 14.3. The van der Waals surface area contributed by atoms with Crippen LogP contribution in [0.5, 0.6) is 0 Å². The van der Waals surface area contributed by atoms with Crippen molar-refractivity contribution in [3.05, 3.63) is 15.6 Å². The van der Waals surface area contributed by atoms with E-state index in [2.05, 4.69) is 10.3 Å². The second kappa shape index (κ2) is 7.85. The topological polar surface area (TPSA) is 88.5 Å². The summed E-state index contributed by atoms with van der Waals surface area (Å²) in [6, 6.07) is 0. The zero-order valence-corrected chi connectivity index (χ0v) is 11.9. The molecule has 6 nitrogen and oxygen atoms in total. The number of carbonyl (C=O) groups excluding carboxylic acids is 1. The van der Waals surface area contributed by atoms with Gasteiger partial charge in [-0.3, -0.25) is 4.79 Å². The van der Waals surface area contributed by atoms with Crippen molar-refractivity contribution in [1.29, 1.82) is 0 Å². The van der Waals surface area contributed by atoms with Crippen LogP contribution in [0.2, 0.25) is 0 Å². The molecule has 0 saturated heterocycles. The van der Waals surface area contributed by atoms with Gasteiger partial charge in [-0.1, -0.05) is 13.3 Å². The van der Waals surface area contributed by atoms with Gasteiger partial charge in [0.1, 0.15) is 9.88 Å². The number of aromatic carboxylic acids is 1. The first-order valence-corrected chi connectivity index (χ1v) is 6.87. The summed E-state index contributed by atoms with van der Waals surface area (Å²) in [5, 5.41) is 12.3. The maximum Gasteiger partial charge on any atom is 0.347 e. The van der Waals surface area contributed by atoms with Crippen molar-refractivity contribution in [3.8, 4) is 0 Å². The van der Waals surface area contributed by atoms with Crippen molar-refractivity contribution < 1.29 is 19.4 Å². The van der Waals surface area contributed by atoms with Gasteiger partial charge in [0.05, 0.1) is 18.7 Å². The Labute approximate surface area is 115 Å². The smallest absolute Gasteiger partial charge is 0.347 e. The molecule has 0 bridgehead atoms. The molecular formula is C12H18N2O4S. The number of carboxylic acid groups (broad SMARTS) is 1. The molecule has 0 aliphatic heterocycles. The molecule has 1 amide bonds. The second-order valence-corrected chi connectivity index (χ2v) is 5.04. The highest BCUT2D eigenvalue weighted by Gasteiger charge is 2.17. The Morgan fingerprint density at radius 2 is 2.21 bits per heavy atom. The maximum absolute atomic E-state index is 11.6. The largest absolute Gasteiger partial charge is 0.477 e. The predicted molar refractivity (Wildman–Crippen MR) is 71.7 cm³/mol. The summed E-state index contributed by atoms with van der Waals surface area (Å²) in [5.41, 5.74) is 0.569. The number of aromatic nitrogens is 1. The molecule has 0 fully saturated rings. The molecule has 0 aliphatic carbocycles. The van der Waals surface area contributed by atoms with Crippen molar-refractivity contribution in [3.63, 3.8) is 0 Å². The minimum absolute atomic E-state index is 0.109. The average Bonchev–Trinajstić information content (AvgIpc) is 2.73. The molecule has 0 atom stereocenters. The van der Waals surface area contributed by atoms with E-state index in [-0.39, 0.29) is 17.2 Å². The number of ether oxygens (including phenoxy) is 1. The lowest BCUT2D eigenvalue weighted by atomic mass is 10.2.